The van der Waals surface area contributed by atoms with Crippen molar-refractivity contribution >= 4 is 36.9 Å². The van der Waals surface area contributed by atoms with Crippen molar-refractivity contribution in [1.29, 1.82) is 5.26 Å². The van der Waals surface area contributed by atoms with Crippen LogP contribution in [0.1, 0.15) is 0 Å². The van der Waals surface area contributed by atoms with E-state index in [9.17, 15) is 4.79 Å². The van der Waals surface area contributed by atoms with Crippen LogP contribution in [0.4, 0.5) is 5.69 Å². The standard InChI is InChI=1S/C11H10N2O2S2/c1-15-8-4-2-7(3-5-8)13-10(14)9(6-12)11(16)17/h2-5,16-17H,1H3,(H,13,14). The number of nitriles is 1. The Hall–Kier alpha value is -1.58. The molecule has 0 aliphatic rings. The molecular formula is C11H10N2O2S2. The van der Waals surface area contributed by atoms with Crippen molar-refractivity contribution in [3.8, 4) is 11.8 Å². The predicted molar refractivity (Wildman–Crippen MR) is 72.2 cm³/mol. The van der Waals surface area contributed by atoms with Gasteiger partial charge in [-0.15, -0.1) is 25.3 Å². The number of nitrogens with zero attached hydrogens (tertiary/aromatic N) is 1. The molecule has 0 radical (unpaired) electrons. The van der Waals surface area contributed by atoms with Crippen molar-refractivity contribution in [1.82, 2.24) is 0 Å². The second-order valence-electron chi connectivity index (χ2n) is 2.99. The first-order valence-electron chi connectivity index (χ1n) is 4.56. The van der Waals surface area contributed by atoms with E-state index in [0.29, 0.717) is 11.4 Å². The number of amides is 1. The molecule has 0 heterocycles. The van der Waals surface area contributed by atoms with Crippen LogP contribution < -0.4 is 10.1 Å². The number of nitrogens with one attached hydrogen (secondary N) is 1. The van der Waals surface area contributed by atoms with Gasteiger partial charge in [-0.3, -0.25) is 4.79 Å². The number of benzene rings is 1. The van der Waals surface area contributed by atoms with Gasteiger partial charge < -0.3 is 10.1 Å². The summed E-state index contributed by atoms with van der Waals surface area (Å²) >= 11 is 7.70. The van der Waals surface area contributed by atoms with Crippen LogP contribution in [-0.2, 0) is 4.79 Å². The van der Waals surface area contributed by atoms with E-state index in [2.05, 4.69) is 30.6 Å². The number of hydrogen-bond acceptors (Lipinski definition) is 5. The molecule has 1 N–H and O–H groups in total. The Morgan fingerprint density at radius 1 is 1.35 bits per heavy atom. The first-order valence-corrected chi connectivity index (χ1v) is 5.45. The summed E-state index contributed by atoms with van der Waals surface area (Å²) in [5.41, 5.74) is 0.430. The highest BCUT2D eigenvalue weighted by Crippen LogP contribution is 2.17. The highest BCUT2D eigenvalue weighted by Gasteiger charge is 2.11. The zero-order valence-electron chi connectivity index (χ0n) is 8.97. The molecule has 0 unspecified atom stereocenters. The highest BCUT2D eigenvalue weighted by molar-refractivity contribution is 8.05. The van der Waals surface area contributed by atoms with Crippen LogP contribution >= 0.6 is 25.3 Å². The van der Waals surface area contributed by atoms with Gasteiger partial charge in [-0.25, -0.2) is 0 Å². The minimum Gasteiger partial charge on any atom is -0.497 e. The van der Waals surface area contributed by atoms with Gasteiger partial charge in [0.25, 0.3) is 5.91 Å². The fraction of sp³-hybridized carbons (Fsp3) is 0.0909. The maximum atomic E-state index is 11.6. The summed E-state index contributed by atoms with van der Waals surface area (Å²) in [7, 11) is 1.55. The molecule has 0 saturated heterocycles. The Morgan fingerprint density at radius 3 is 2.35 bits per heavy atom. The van der Waals surface area contributed by atoms with Gasteiger partial charge in [0.05, 0.1) is 11.3 Å². The largest absolute Gasteiger partial charge is 0.497 e. The predicted octanol–water partition coefficient (Wildman–Crippen LogP) is 2.23. The summed E-state index contributed by atoms with van der Waals surface area (Å²) < 4.78 is 5.06. The fourth-order valence-corrected chi connectivity index (χ4v) is 1.37. The SMILES string of the molecule is COc1ccc(NC(=O)C(C#N)=C(S)S)cc1. The van der Waals surface area contributed by atoms with E-state index in [1.165, 1.54) is 0 Å². The van der Waals surface area contributed by atoms with Crippen LogP contribution in [0.5, 0.6) is 5.75 Å². The molecule has 1 amide bonds. The highest BCUT2D eigenvalue weighted by atomic mass is 32.2. The van der Waals surface area contributed by atoms with Gasteiger partial charge in [-0.1, -0.05) is 0 Å². The van der Waals surface area contributed by atoms with Crippen LogP contribution in [0.15, 0.2) is 34.1 Å². The monoisotopic (exact) mass is 266 g/mol. The quantitative estimate of drug-likeness (QED) is 0.446. The zero-order valence-corrected chi connectivity index (χ0v) is 10.8. The molecule has 0 aliphatic heterocycles. The number of ether oxygens (including phenoxy) is 1. The van der Waals surface area contributed by atoms with E-state index in [0.717, 1.165) is 0 Å². The molecule has 1 aromatic rings. The fourth-order valence-electron chi connectivity index (χ4n) is 1.07. The van der Waals surface area contributed by atoms with Crippen molar-refractivity contribution in [3.63, 3.8) is 0 Å². The minimum absolute atomic E-state index is 0.0820. The lowest BCUT2D eigenvalue weighted by Crippen LogP contribution is -2.13. The third-order valence-corrected chi connectivity index (χ3v) is 2.36. The minimum atomic E-state index is -0.544. The third-order valence-electron chi connectivity index (χ3n) is 1.91. The van der Waals surface area contributed by atoms with Crippen molar-refractivity contribution in [2.75, 3.05) is 12.4 Å². The molecule has 1 aromatic carbocycles. The number of anilines is 1. The van der Waals surface area contributed by atoms with Gasteiger partial charge in [0.1, 0.15) is 17.4 Å². The summed E-state index contributed by atoms with van der Waals surface area (Å²) in [4.78, 5) is 11.6. The average Bonchev–Trinajstić information content (AvgIpc) is 2.30. The topological polar surface area (TPSA) is 62.1 Å². The molecule has 6 heteroatoms. The molecule has 0 saturated carbocycles. The Balaban J connectivity index is 2.82. The van der Waals surface area contributed by atoms with E-state index in [4.69, 9.17) is 10.00 Å². The van der Waals surface area contributed by atoms with Crippen LogP contribution in [0.3, 0.4) is 0 Å². The van der Waals surface area contributed by atoms with E-state index in [1.807, 2.05) is 0 Å². The molecule has 0 bridgehead atoms. The van der Waals surface area contributed by atoms with Gasteiger partial charge in [0.2, 0.25) is 0 Å². The molecule has 1 rings (SSSR count). The zero-order chi connectivity index (χ0) is 12.8. The Morgan fingerprint density at radius 2 is 1.94 bits per heavy atom. The van der Waals surface area contributed by atoms with E-state index in [-0.39, 0.29) is 9.81 Å². The molecule has 0 spiro atoms. The van der Waals surface area contributed by atoms with Crippen molar-refractivity contribution in [2.24, 2.45) is 0 Å². The van der Waals surface area contributed by atoms with Crippen molar-refractivity contribution in [2.45, 2.75) is 0 Å². The number of rotatable bonds is 3. The van der Waals surface area contributed by atoms with Gasteiger partial charge >= 0.3 is 0 Å². The van der Waals surface area contributed by atoms with Gasteiger partial charge in [0.15, 0.2) is 0 Å². The number of thiol groups is 2. The van der Waals surface area contributed by atoms with Crippen LogP contribution in [0.25, 0.3) is 0 Å². The number of carbonyl (C=O) groups is 1. The molecule has 4 nitrogen and oxygen atoms in total. The third kappa shape index (κ3) is 3.73. The molecule has 88 valence electrons. The molecule has 17 heavy (non-hydrogen) atoms. The lowest BCUT2D eigenvalue weighted by atomic mass is 10.2. The first-order chi connectivity index (χ1) is 8.08. The lowest BCUT2D eigenvalue weighted by molar-refractivity contribution is -0.112. The Labute approximate surface area is 110 Å². The first kappa shape index (κ1) is 13.5. The van der Waals surface area contributed by atoms with Gasteiger partial charge in [-0.2, -0.15) is 5.26 Å². The van der Waals surface area contributed by atoms with E-state index in [1.54, 1.807) is 37.4 Å². The van der Waals surface area contributed by atoms with Crippen LogP contribution in [-0.4, -0.2) is 13.0 Å². The molecule has 0 aliphatic carbocycles. The number of methoxy groups -OCH3 is 1. The van der Waals surface area contributed by atoms with Gasteiger partial charge in [-0.05, 0) is 24.3 Å². The van der Waals surface area contributed by atoms with Crippen LogP contribution in [0, 0.1) is 11.3 Å². The Kier molecular flexibility index (Phi) is 4.94. The normalized spacial score (nSPS) is 9.06. The van der Waals surface area contributed by atoms with E-state index < -0.39 is 5.91 Å². The molecule has 0 atom stereocenters. The summed E-state index contributed by atoms with van der Waals surface area (Å²) in [5.74, 6) is 0.140. The Bertz CT molecular complexity index is 485. The summed E-state index contributed by atoms with van der Waals surface area (Å²) in [5, 5.41) is 11.3. The maximum Gasteiger partial charge on any atom is 0.268 e. The van der Waals surface area contributed by atoms with Crippen molar-refractivity contribution < 1.29 is 9.53 Å². The number of hydrogen-bond donors (Lipinski definition) is 3. The molecule has 0 fully saturated rings. The average molecular weight is 266 g/mol. The summed E-state index contributed by atoms with van der Waals surface area (Å²) in [6, 6.07) is 8.48. The second-order valence-corrected chi connectivity index (χ2v) is 4.24. The summed E-state index contributed by atoms with van der Waals surface area (Å²) in [6.07, 6.45) is 0. The second kappa shape index (κ2) is 6.23. The lowest BCUT2D eigenvalue weighted by Gasteiger charge is -2.05. The van der Waals surface area contributed by atoms with Crippen molar-refractivity contribution in [3.05, 3.63) is 34.1 Å². The molecular weight excluding hydrogens is 256 g/mol. The maximum absolute atomic E-state index is 11.6. The number of carbonyl (C=O) groups excluding carboxylic acids is 1. The van der Waals surface area contributed by atoms with Crippen LogP contribution in [0.2, 0.25) is 0 Å². The summed E-state index contributed by atoms with van der Waals surface area (Å²) in [6.45, 7) is 0. The van der Waals surface area contributed by atoms with E-state index >= 15 is 0 Å². The van der Waals surface area contributed by atoms with Gasteiger partial charge in [0, 0.05) is 5.69 Å². The molecule has 0 aromatic heterocycles. The smallest absolute Gasteiger partial charge is 0.268 e.